The number of ether oxygens (including phenoxy) is 2. The molecule has 2 aromatic carbocycles. The minimum Gasteiger partial charge on any atom is -0.454 e. The van der Waals surface area contributed by atoms with Crippen molar-refractivity contribution in [1.29, 1.82) is 0 Å². The number of hydrogen-bond acceptors (Lipinski definition) is 4. The van der Waals surface area contributed by atoms with Crippen LogP contribution >= 0.6 is 0 Å². The lowest BCUT2D eigenvalue weighted by Crippen LogP contribution is -2.22. The predicted octanol–water partition coefficient (Wildman–Crippen LogP) is 2.74. The van der Waals surface area contributed by atoms with Crippen molar-refractivity contribution in [2.24, 2.45) is 0 Å². The number of nitrogens with one attached hydrogen (secondary N) is 2. The van der Waals surface area contributed by atoms with Gasteiger partial charge in [0.1, 0.15) is 5.82 Å². The monoisotopic (exact) mass is 321 g/mol. The second-order valence-corrected chi connectivity index (χ2v) is 5.39. The molecule has 3 aromatic rings. The van der Waals surface area contributed by atoms with Crippen LogP contribution in [0, 0.1) is 0 Å². The molecule has 24 heavy (non-hydrogen) atoms. The molecule has 2 N–H and O–H groups in total. The summed E-state index contributed by atoms with van der Waals surface area (Å²) >= 11 is 0. The second-order valence-electron chi connectivity index (χ2n) is 5.39. The average molecular weight is 321 g/mol. The molecular weight excluding hydrogens is 306 g/mol. The Bertz CT molecular complexity index is 858. The molecule has 120 valence electrons. The number of amides is 1. The summed E-state index contributed by atoms with van der Waals surface area (Å²) in [6, 6.07) is 12.9. The van der Waals surface area contributed by atoms with E-state index in [0.717, 1.165) is 22.7 Å². The summed E-state index contributed by atoms with van der Waals surface area (Å²) in [5.41, 5.74) is 2.50. The molecule has 0 unspecified atom stereocenters. The van der Waals surface area contributed by atoms with Gasteiger partial charge in [-0.1, -0.05) is 18.2 Å². The largest absolute Gasteiger partial charge is 0.454 e. The van der Waals surface area contributed by atoms with E-state index >= 15 is 0 Å². The first-order valence-corrected chi connectivity index (χ1v) is 7.56. The van der Waals surface area contributed by atoms with Gasteiger partial charge in [-0.3, -0.25) is 4.79 Å². The van der Waals surface area contributed by atoms with E-state index in [-0.39, 0.29) is 12.7 Å². The lowest BCUT2D eigenvalue weighted by Gasteiger charge is -2.07. The van der Waals surface area contributed by atoms with Gasteiger partial charge in [-0.05, 0) is 29.8 Å². The van der Waals surface area contributed by atoms with Gasteiger partial charge in [0.15, 0.2) is 11.5 Å². The molecule has 1 aliphatic heterocycles. The van der Waals surface area contributed by atoms with Gasteiger partial charge in [0.05, 0.1) is 0 Å². The zero-order valence-corrected chi connectivity index (χ0v) is 12.8. The predicted molar refractivity (Wildman–Crippen MR) is 87.8 cm³/mol. The zero-order valence-electron chi connectivity index (χ0n) is 12.8. The van der Waals surface area contributed by atoms with E-state index in [1.807, 2.05) is 30.3 Å². The highest BCUT2D eigenvalue weighted by Gasteiger charge is 2.13. The standard InChI is InChI=1S/C18H15N3O3/c22-18(14-4-2-13(3-5-14)17-19-7-8-20-17)21-10-12-1-6-15-16(9-12)24-11-23-15/h1-9H,10-11H2,(H,19,20)(H,21,22). The first-order valence-electron chi connectivity index (χ1n) is 7.56. The number of aromatic nitrogens is 2. The Kier molecular flexibility index (Phi) is 3.63. The Morgan fingerprint density at radius 2 is 1.96 bits per heavy atom. The third-order valence-corrected chi connectivity index (χ3v) is 3.81. The molecular formula is C18H15N3O3. The van der Waals surface area contributed by atoms with Gasteiger partial charge in [-0.15, -0.1) is 0 Å². The summed E-state index contributed by atoms with van der Waals surface area (Å²) in [5.74, 6) is 2.10. The van der Waals surface area contributed by atoms with Gasteiger partial charge in [0, 0.05) is 30.1 Å². The lowest BCUT2D eigenvalue weighted by atomic mass is 10.1. The number of H-pyrrole nitrogens is 1. The molecule has 0 aliphatic carbocycles. The summed E-state index contributed by atoms with van der Waals surface area (Å²) in [7, 11) is 0. The van der Waals surface area contributed by atoms with Crippen LogP contribution in [0.1, 0.15) is 15.9 Å². The third-order valence-electron chi connectivity index (χ3n) is 3.81. The summed E-state index contributed by atoms with van der Waals surface area (Å²) in [5, 5.41) is 2.90. The molecule has 0 saturated carbocycles. The third kappa shape index (κ3) is 2.81. The van der Waals surface area contributed by atoms with Crippen molar-refractivity contribution in [3.63, 3.8) is 0 Å². The number of imidazole rings is 1. The number of carbonyl (C=O) groups is 1. The van der Waals surface area contributed by atoms with Crippen LogP contribution in [0.15, 0.2) is 54.9 Å². The average Bonchev–Trinajstić information content (AvgIpc) is 3.31. The molecule has 4 rings (SSSR count). The number of fused-ring (bicyclic) bond motifs is 1. The van der Waals surface area contributed by atoms with Gasteiger partial charge in [0.2, 0.25) is 6.79 Å². The van der Waals surface area contributed by atoms with E-state index < -0.39 is 0 Å². The van der Waals surface area contributed by atoms with E-state index in [2.05, 4.69) is 15.3 Å². The van der Waals surface area contributed by atoms with Crippen molar-refractivity contribution in [2.45, 2.75) is 6.54 Å². The molecule has 0 spiro atoms. The van der Waals surface area contributed by atoms with Gasteiger partial charge in [0.25, 0.3) is 5.91 Å². The maximum atomic E-state index is 12.3. The summed E-state index contributed by atoms with van der Waals surface area (Å²) in [4.78, 5) is 19.5. The van der Waals surface area contributed by atoms with Crippen molar-refractivity contribution in [3.05, 3.63) is 66.0 Å². The molecule has 0 fully saturated rings. The molecule has 2 heterocycles. The topological polar surface area (TPSA) is 76.2 Å². The summed E-state index contributed by atoms with van der Waals surface area (Å²) < 4.78 is 10.6. The molecule has 1 amide bonds. The fourth-order valence-corrected chi connectivity index (χ4v) is 2.54. The molecule has 0 radical (unpaired) electrons. The molecule has 1 aliphatic rings. The maximum absolute atomic E-state index is 12.3. The van der Waals surface area contributed by atoms with E-state index in [4.69, 9.17) is 9.47 Å². The minimum atomic E-state index is -0.126. The number of aromatic amines is 1. The van der Waals surface area contributed by atoms with Gasteiger partial charge >= 0.3 is 0 Å². The van der Waals surface area contributed by atoms with Crippen LogP contribution in [0.4, 0.5) is 0 Å². The molecule has 6 nitrogen and oxygen atoms in total. The normalized spacial score (nSPS) is 12.2. The first kappa shape index (κ1) is 14.3. The smallest absolute Gasteiger partial charge is 0.251 e. The van der Waals surface area contributed by atoms with Crippen LogP contribution in [0.5, 0.6) is 11.5 Å². The van der Waals surface area contributed by atoms with Crippen molar-refractivity contribution in [3.8, 4) is 22.9 Å². The zero-order chi connectivity index (χ0) is 16.4. The van der Waals surface area contributed by atoms with Crippen LogP contribution < -0.4 is 14.8 Å². The molecule has 0 saturated heterocycles. The maximum Gasteiger partial charge on any atom is 0.251 e. The van der Waals surface area contributed by atoms with Crippen molar-refractivity contribution < 1.29 is 14.3 Å². The highest BCUT2D eigenvalue weighted by atomic mass is 16.7. The van der Waals surface area contributed by atoms with Crippen molar-refractivity contribution >= 4 is 5.91 Å². The lowest BCUT2D eigenvalue weighted by molar-refractivity contribution is 0.0951. The van der Waals surface area contributed by atoms with E-state index in [1.165, 1.54) is 0 Å². The Balaban J connectivity index is 1.41. The molecule has 0 bridgehead atoms. The van der Waals surface area contributed by atoms with Gasteiger partial charge in [-0.2, -0.15) is 0 Å². The fourth-order valence-electron chi connectivity index (χ4n) is 2.54. The van der Waals surface area contributed by atoms with Crippen LogP contribution in [0.3, 0.4) is 0 Å². The van der Waals surface area contributed by atoms with E-state index in [9.17, 15) is 4.79 Å². The summed E-state index contributed by atoms with van der Waals surface area (Å²) in [6.45, 7) is 0.669. The highest BCUT2D eigenvalue weighted by Crippen LogP contribution is 2.32. The molecule has 0 atom stereocenters. The molecule has 1 aromatic heterocycles. The van der Waals surface area contributed by atoms with E-state index in [1.54, 1.807) is 24.5 Å². The Morgan fingerprint density at radius 3 is 2.75 bits per heavy atom. The fraction of sp³-hybridized carbons (Fsp3) is 0.111. The van der Waals surface area contributed by atoms with Crippen LogP contribution in [-0.4, -0.2) is 22.7 Å². The number of nitrogens with zero attached hydrogens (tertiary/aromatic N) is 1. The number of hydrogen-bond donors (Lipinski definition) is 2. The van der Waals surface area contributed by atoms with Crippen LogP contribution in [-0.2, 0) is 6.54 Å². The summed E-state index contributed by atoms with van der Waals surface area (Å²) in [6.07, 6.45) is 3.46. The van der Waals surface area contributed by atoms with Crippen molar-refractivity contribution in [1.82, 2.24) is 15.3 Å². The Hall–Kier alpha value is -3.28. The number of carbonyl (C=O) groups excluding carboxylic acids is 1. The van der Waals surface area contributed by atoms with Crippen molar-refractivity contribution in [2.75, 3.05) is 6.79 Å². The van der Waals surface area contributed by atoms with Crippen LogP contribution in [0.25, 0.3) is 11.4 Å². The highest BCUT2D eigenvalue weighted by molar-refractivity contribution is 5.94. The van der Waals surface area contributed by atoms with Gasteiger partial charge < -0.3 is 19.8 Å². The first-order chi connectivity index (χ1) is 11.8. The number of rotatable bonds is 4. The van der Waals surface area contributed by atoms with Crippen LogP contribution in [0.2, 0.25) is 0 Å². The Labute approximate surface area is 138 Å². The quantitative estimate of drug-likeness (QED) is 0.775. The van der Waals surface area contributed by atoms with E-state index in [0.29, 0.717) is 17.9 Å². The molecule has 6 heteroatoms. The number of benzene rings is 2. The second kappa shape index (κ2) is 6.08. The minimum absolute atomic E-state index is 0.126. The Morgan fingerprint density at radius 1 is 1.12 bits per heavy atom. The SMILES string of the molecule is O=C(NCc1ccc2c(c1)OCO2)c1ccc(-c2ncc[nH]2)cc1. The van der Waals surface area contributed by atoms with Gasteiger partial charge in [-0.25, -0.2) is 4.98 Å².